The summed E-state index contributed by atoms with van der Waals surface area (Å²) in [4.78, 5) is 28.4. The Hall–Kier alpha value is -1.92. The quantitative estimate of drug-likeness (QED) is 0.853. The molecule has 23 heavy (non-hydrogen) atoms. The van der Waals surface area contributed by atoms with Gasteiger partial charge in [0.05, 0.1) is 6.04 Å². The number of carbonyl (C=O) groups is 2. The number of amides is 2. The fourth-order valence-corrected chi connectivity index (χ4v) is 2.57. The predicted molar refractivity (Wildman–Crippen MR) is 91.4 cm³/mol. The molecule has 0 spiro atoms. The summed E-state index contributed by atoms with van der Waals surface area (Å²) < 4.78 is 0. The third kappa shape index (κ3) is 4.77. The molecule has 1 aliphatic heterocycles. The largest absolute Gasteiger partial charge is 0.336 e. The third-order valence-electron chi connectivity index (χ3n) is 4.13. The number of likely N-dealkylation sites (N-methyl/N-ethyl adjacent to an activating group) is 1. The van der Waals surface area contributed by atoms with Crippen molar-refractivity contribution in [2.75, 3.05) is 38.5 Å². The average molecular weight is 318 g/mol. The van der Waals surface area contributed by atoms with E-state index in [2.05, 4.69) is 17.3 Å². The fraction of sp³-hybridized carbons (Fsp3) is 0.529. The number of nitrogens with one attached hydrogen (secondary N) is 1. The summed E-state index contributed by atoms with van der Waals surface area (Å²) in [5.74, 6) is -0.149. The van der Waals surface area contributed by atoms with Crippen LogP contribution in [0.1, 0.15) is 30.1 Å². The maximum atomic E-state index is 12.4. The highest BCUT2D eigenvalue weighted by Crippen LogP contribution is 2.13. The number of carbonyl (C=O) groups excluding carboxylic acids is 2. The zero-order valence-electron chi connectivity index (χ0n) is 13.9. The van der Waals surface area contributed by atoms with Gasteiger partial charge in [-0.25, -0.2) is 0 Å². The number of anilines is 1. The van der Waals surface area contributed by atoms with Crippen molar-refractivity contribution < 1.29 is 9.59 Å². The van der Waals surface area contributed by atoms with Gasteiger partial charge in [-0.2, -0.15) is 0 Å². The summed E-state index contributed by atoms with van der Waals surface area (Å²) in [6.45, 7) is 5.29. The van der Waals surface area contributed by atoms with Gasteiger partial charge in [-0.1, -0.05) is 13.3 Å². The fourth-order valence-electron chi connectivity index (χ4n) is 2.57. The lowest BCUT2D eigenvalue weighted by Gasteiger charge is -2.32. The number of hydrogen-bond donors (Lipinski definition) is 2. The van der Waals surface area contributed by atoms with Crippen LogP contribution in [0.2, 0.25) is 0 Å². The molecule has 0 radical (unpaired) electrons. The second-order valence-electron chi connectivity index (χ2n) is 6.06. The van der Waals surface area contributed by atoms with Gasteiger partial charge in [0.1, 0.15) is 0 Å². The molecular formula is C17H26N4O2. The molecule has 1 atom stereocenters. The second-order valence-corrected chi connectivity index (χ2v) is 6.06. The van der Waals surface area contributed by atoms with Gasteiger partial charge < -0.3 is 20.9 Å². The molecule has 3 N–H and O–H groups in total. The molecular weight excluding hydrogens is 292 g/mol. The van der Waals surface area contributed by atoms with Crippen LogP contribution >= 0.6 is 0 Å². The van der Waals surface area contributed by atoms with Crippen LogP contribution in [0, 0.1) is 0 Å². The van der Waals surface area contributed by atoms with E-state index >= 15 is 0 Å². The predicted octanol–water partition coefficient (Wildman–Crippen LogP) is 1.14. The normalized spacial score (nSPS) is 16.9. The first-order valence-electron chi connectivity index (χ1n) is 8.15. The smallest absolute Gasteiger partial charge is 0.253 e. The van der Waals surface area contributed by atoms with Gasteiger partial charge in [0.2, 0.25) is 5.91 Å². The van der Waals surface area contributed by atoms with E-state index in [-0.39, 0.29) is 11.8 Å². The summed E-state index contributed by atoms with van der Waals surface area (Å²) in [6, 6.07) is 6.51. The molecule has 1 aromatic rings. The zero-order valence-corrected chi connectivity index (χ0v) is 13.9. The average Bonchev–Trinajstić information content (AvgIpc) is 2.56. The summed E-state index contributed by atoms with van der Waals surface area (Å²) in [5.41, 5.74) is 7.09. The van der Waals surface area contributed by atoms with Crippen LogP contribution in [-0.4, -0.2) is 60.9 Å². The van der Waals surface area contributed by atoms with Crippen LogP contribution in [0.15, 0.2) is 24.3 Å². The van der Waals surface area contributed by atoms with Crippen LogP contribution in [0.3, 0.4) is 0 Å². The Morgan fingerprint density at radius 3 is 2.35 bits per heavy atom. The van der Waals surface area contributed by atoms with Gasteiger partial charge in [-0.15, -0.1) is 0 Å². The standard InChI is InChI=1S/C17H26N4O2/c1-3-4-15(18)16(22)19-14-7-5-13(6-8-14)17(23)21-11-9-20(2)10-12-21/h5-8,15H,3-4,9-12,18H2,1-2H3,(H,19,22). The Kier molecular flexibility index (Phi) is 6.12. The second kappa shape index (κ2) is 8.08. The Bertz CT molecular complexity index is 536. The molecule has 0 aromatic heterocycles. The van der Waals surface area contributed by atoms with Crippen molar-refractivity contribution in [2.45, 2.75) is 25.8 Å². The summed E-state index contributed by atoms with van der Waals surface area (Å²) in [6.07, 6.45) is 1.53. The van der Waals surface area contributed by atoms with Gasteiger partial charge in [0, 0.05) is 37.4 Å². The zero-order chi connectivity index (χ0) is 16.8. The Balaban J connectivity index is 1.94. The van der Waals surface area contributed by atoms with Crippen LogP contribution < -0.4 is 11.1 Å². The topological polar surface area (TPSA) is 78.7 Å². The molecule has 1 heterocycles. The van der Waals surface area contributed by atoms with Gasteiger partial charge in [0.15, 0.2) is 0 Å². The van der Waals surface area contributed by atoms with E-state index < -0.39 is 6.04 Å². The van der Waals surface area contributed by atoms with E-state index in [1.165, 1.54) is 0 Å². The van der Waals surface area contributed by atoms with Crippen LogP contribution in [0.25, 0.3) is 0 Å². The first-order chi connectivity index (χ1) is 11.0. The molecule has 6 heteroatoms. The third-order valence-corrected chi connectivity index (χ3v) is 4.13. The minimum absolute atomic E-state index is 0.0404. The van der Waals surface area contributed by atoms with Crippen molar-refractivity contribution in [2.24, 2.45) is 5.73 Å². The number of benzene rings is 1. The van der Waals surface area contributed by atoms with Crippen molar-refractivity contribution >= 4 is 17.5 Å². The van der Waals surface area contributed by atoms with E-state index in [9.17, 15) is 9.59 Å². The minimum Gasteiger partial charge on any atom is -0.336 e. The number of piperazine rings is 1. The Labute approximate surface area is 137 Å². The molecule has 0 aliphatic carbocycles. The minimum atomic E-state index is -0.494. The number of rotatable bonds is 5. The molecule has 2 amide bonds. The first kappa shape index (κ1) is 17.4. The monoisotopic (exact) mass is 318 g/mol. The van der Waals surface area contributed by atoms with Crippen LogP contribution in [0.5, 0.6) is 0 Å². The molecule has 1 unspecified atom stereocenters. The lowest BCUT2D eigenvalue weighted by atomic mass is 10.1. The highest BCUT2D eigenvalue weighted by Gasteiger charge is 2.20. The molecule has 1 saturated heterocycles. The summed E-state index contributed by atoms with van der Waals surface area (Å²) in [7, 11) is 2.06. The van der Waals surface area contributed by atoms with Crippen molar-refractivity contribution in [1.29, 1.82) is 0 Å². The van der Waals surface area contributed by atoms with Crippen LogP contribution in [0.4, 0.5) is 5.69 Å². The van der Waals surface area contributed by atoms with Crippen molar-refractivity contribution in [1.82, 2.24) is 9.80 Å². The van der Waals surface area contributed by atoms with Crippen LogP contribution in [-0.2, 0) is 4.79 Å². The molecule has 6 nitrogen and oxygen atoms in total. The maximum Gasteiger partial charge on any atom is 0.253 e. The first-order valence-corrected chi connectivity index (χ1v) is 8.15. The Morgan fingerprint density at radius 2 is 1.78 bits per heavy atom. The van der Waals surface area contributed by atoms with Crippen molar-refractivity contribution in [3.8, 4) is 0 Å². The highest BCUT2D eigenvalue weighted by molar-refractivity contribution is 5.97. The van der Waals surface area contributed by atoms with E-state index in [0.29, 0.717) is 17.7 Å². The number of hydrogen-bond acceptors (Lipinski definition) is 4. The maximum absolute atomic E-state index is 12.4. The van der Waals surface area contributed by atoms with Crippen molar-refractivity contribution in [3.05, 3.63) is 29.8 Å². The lowest BCUT2D eigenvalue weighted by Crippen LogP contribution is -2.47. The summed E-state index contributed by atoms with van der Waals surface area (Å²) >= 11 is 0. The molecule has 1 aromatic carbocycles. The molecule has 1 aliphatic rings. The van der Waals surface area contributed by atoms with Gasteiger partial charge in [-0.3, -0.25) is 9.59 Å². The number of nitrogens with two attached hydrogens (primary N) is 1. The van der Waals surface area contributed by atoms with E-state index in [4.69, 9.17) is 5.73 Å². The van der Waals surface area contributed by atoms with Gasteiger partial charge >= 0.3 is 0 Å². The highest BCUT2D eigenvalue weighted by atomic mass is 16.2. The van der Waals surface area contributed by atoms with Crippen molar-refractivity contribution in [3.63, 3.8) is 0 Å². The summed E-state index contributed by atoms with van der Waals surface area (Å²) in [5, 5.41) is 2.78. The SMILES string of the molecule is CCCC(N)C(=O)Nc1ccc(C(=O)N2CCN(C)CC2)cc1. The Morgan fingerprint density at radius 1 is 1.17 bits per heavy atom. The van der Waals surface area contributed by atoms with E-state index in [1.807, 2.05) is 11.8 Å². The molecule has 1 fully saturated rings. The lowest BCUT2D eigenvalue weighted by molar-refractivity contribution is -0.117. The molecule has 0 bridgehead atoms. The number of nitrogens with zero attached hydrogens (tertiary/aromatic N) is 2. The van der Waals surface area contributed by atoms with E-state index in [0.717, 1.165) is 32.6 Å². The molecule has 0 saturated carbocycles. The van der Waals surface area contributed by atoms with Gasteiger partial charge in [-0.05, 0) is 37.7 Å². The molecule has 2 rings (SSSR count). The van der Waals surface area contributed by atoms with E-state index in [1.54, 1.807) is 24.3 Å². The van der Waals surface area contributed by atoms with Gasteiger partial charge in [0.25, 0.3) is 5.91 Å². The molecule has 126 valence electrons.